The zero-order valence-electron chi connectivity index (χ0n) is 13.8. The molecule has 0 aromatic heterocycles. The highest BCUT2D eigenvalue weighted by molar-refractivity contribution is 5.88. The largest absolute Gasteiger partial charge is 0.463 e. The normalized spacial score (nSPS) is 26.3. The number of nitrogens with zero attached hydrogens (tertiary/aromatic N) is 1. The number of hydrogen-bond acceptors (Lipinski definition) is 7. The van der Waals surface area contributed by atoms with Crippen molar-refractivity contribution in [1.82, 2.24) is 0 Å². The average molecular weight is 341 g/mol. The lowest BCUT2D eigenvalue weighted by atomic mass is 9.94. The zero-order valence-corrected chi connectivity index (χ0v) is 13.8. The molecule has 2 unspecified atom stereocenters. The molecule has 2 fully saturated rings. The van der Waals surface area contributed by atoms with Crippen molar-refractivity contribution in [1.29, 1.82) is 0 Å². The Hall–Kier alpha value is -1.80. The highest BCUT2D eigenvalue weighted by Gasteiger charge is 2.47. The minimum absolute atomic E-state index is 0.0791. The molecule has 0 aromatic rings. The van der Waals surface area contributed by atoms with E-state index >= 15 is 0 Å². The van der Waals surface area contributed by atoms with E-state index in [1.54, 1.807) is 6.92 Å². The molecule has 8 nitrogen and oxygen atoms in total. The molecule has 0 N–H and O–H groups in total. The molecule has 1 saturated heterocycles. The summed E-state index contributed by atoms with van der Waals surface area (Å²) in [5, 5.41) is 10.6. The summed E-state index contributed by atoms with van der Waals surface area (Å²) in [7, 11) is 0. The van der Waals surface area contributed by atoms with E-state index in [0.717, 1.165) is 19.3 Å². The quantitative estimate of drug-likeness (QED) is 0.228. The van der Waals surface area contributed by atoms with Crippen molar-refractivity contribution in [2.24, 2.45) is 0 Å². The molecule has 1 aliphatic carbocycles. The molecule has 24 heavy (non-hydrogen) atoms. The number of hydrogen-bond donors (Lipinski definition) is 0. The van der Waals surface area contributed by atoms with Crippen LogP contribution in [0.4, 0.5) is 0 Å². The van der Waals surface area contributed by atoms with Gasteiger partial charge in [0.15, 0.2) is 12.1 Å². The second-order valence-corrected chi connectivity index (χ2v) is 5.99. The Morgan fingerprint density at radius 1 is 1.29 bits per heavy atom. The molecule has 2 aliphatic rings. The molecule has 1 spiro atoms. The van der Waals surface area contributed by atoms with Crippen LogP contribution in [0.2, 0.25) is 0 Å². The van der Waals surface area contributed by atoms with Crippen LogP contribution in [-0.4, -0.2) is 48.3 Å². The van der Waals surface area contributed by atoms with Crippen molar-refractivity contribution < 1.29 is 28.7 Å². The van der Waals surface area contributed by atoms with Gasteiger partial charge in [-0.15, -0.1) is 0 Å². The first-order chi connectivity index (χ1) is 11.5. The zero-order chi connectivity index (χ0) is 17.6. The van der Waals surface area contributed by atoms with Crippen LogP contribution in [0.1, 0.15) is 45.4 Å². The highest BCUT2D eigenvalue weighted by atomic mass is 16.8. The standard InChI is InChI=1S/C16H23NO7/c1-2-22-15(19)12(6-9-17(20)21)10-13-14(11-18)24-16(23-13)7-4-3-5-8-16/h10-11,13-14H,2-9H2,1H3. The van der Waals surface area contributed by atoms with Gasteiger partial charge < -0.3 is 19.0 Å². The highest BCUT2D eigenvalue weighted by Crippen LogP contribution is 2.40. The minimum atomic E-state index is -0.817. The van der Waals surface area contributed by atoms with Crippen molar-refractivity contribution in [3.8, 4) is 0 Å². The number of rotatable bonds is 7. The fourth-order valence-corrected chi connectivity index (χ4v) is 3.11. The number of carbonyl (C=O) groups is 2. The van der Waals surface area contributed by atoms with Gasteiger partial charge in [-0.2, -0.15) is 0 Å². The summed E-state index contributed by atoms with van der Waals surface area (Å²) in [4.78, 5) is 33.4. The number of esters is 1. The van der Waals surface area contributed by atoms with Crippen LogP contribution < -0.4 is 0 Å². The average Bonchev–Trinajstić information content (AvgIpc) is 2.89. The van der Waals surface area contributed by atoms with E-state index < -0.39 is 35.4 Å². The summed E-state index contributed by atoms with van der Waals surface area (Å²) in [6.07, 6.45) is 4.88. The lowest BCUT2D eigenvalue weighted by Crippen LogP contribution is -2.33. The van der Waals surface area contributed by atoms with Crippen molar-refractivity contribution in [3.05, 3.63) is 21.8 Å². The van der Waals surface area contributed by atoms with E-state index in [4.69, 9.17) is 14.2 Å². The van der Waals surface area contributed by atoms with Gasteiger partial charge in [-0.3, -0.25) is 10.1 Å². The molecule has 2 atom stereocenters. The fraction of sp³-hybridized carbons (Fsp3) is 0.750. The molecular formula is C16H23NO7. The van der Waals surface area contributed by atoms with Crippen molar-refractivity contribution in [2.45, 2.75) is 63.4 Å². The first-order valence-corrected chi connectivity index (χ1v) is 8.30. The van der Waals surface area contributed by atoms with Crippen molar-refractivity contribution in [2.75, 3.05) is 13.2 Å². The molecule has 0 bridgehead atoms. The van der Waals surface area contributed by atoms with Crippen LogP contribution in [0.5, 0.6) is 0 Å². The van der Waals surface area contributed by atoms with Crippen LogP contribution in [0.25, 0.3) is 0 Å². The van der Waals surface area contributed by atoms with Gasteiger partial charge >= 0.3 is 5.97 Å². The van der Waals surface area contributed by atoms with Gasteiger partial charge in [0.25, 0.3) is 0 Å². The van der Waals surface area contributed by atoms with E-state index in [1.165, 1.54) is 6.08 Å². The van der Waals surface area contributed by atoms with Crippen LogP contribution >= 0.6 is 0 Å². The Morgan fingerprint density at radius 2 is 1.96 bits per heavy atom. The lowest BCUT2D eigenvalue weighted by molar-refractivity contribution is -0.479. The molecule has 1 saturated carbocycles. The third-order valence-corrected chi connectivity index (χ3v) is 4.24. The molecule has 134 valence electrons. The smallest absolute Gasteiger partial charge is 0.334 e. The summed E-state index contributed by atoms with van der Waals surface area (Å²) in [6.45, 7) is 1.43. The maximum atomic E-state index is 12.0. The first kappa shape index (κ1) is 18.5. The van der Waals surface area contributed by atoms with Gasteiger partial charge in [0.05, 0.1) is 6.61 Å². The lowest BCUT2D eigenvalue weighted by Gasteiger charge is -2.31. The molecule has 2 rings (SSSR count). The van der Waals surface area contributed by atoms with E-state index in [9.17, 15) is 19.7 Å². The molecule has 1 aliphatic heterocycles. The van der Waals surface area contributed by atoms with Crippen LogP contribution in [-0.2, 0) is 23.8 Å². The second kappa shape index (κ2) is 8.34. The number of nitro groups is 1. The topological polar surface area (TPSA) is 105 Å². The Labute approximate surface area is 140 Å². The Balaban J connectivity index is 2.16. The summed E-state index contributed by atoms with van der Waals surface area (Å²) >= 11 is 0. The van der Waals surface area contributed by atoms with Gasteiger partial charge in [-0.25, -0.2) is 4.79 Å². The van der Waals surface area contributed by atoms with Gasteiger partial charge in [0.2, 0.25) is 6.54 Å². The molecule has 8 heteroatoms. The third-order valence-electron chi connectivity index (χ3n) is 4.24. The SMILES string of the molecule is CCOC(=O)C(=CC1OC2(CCCCC2)OC1C=O)CC[N+](=O)[O-]. The maximum Gasteiger partial charge on any atom is 0.334 e. The van der Waals surface area contributed by atoms with E-state index in [2.05, 4.69) is 0 Å². The maximum absolute atomic E-state index is 12.0. The van der Waals surface area contributed by atoms with Crippen LogP contribution in [0, 0.1) is 10.1 Å². The van der Waals surface area contributed by atoms with Gasteiger partial charge in [-0.05, 0) is 25.8 Å². The third kappa shape index (κ3) is 4.61. The summed E-state index contributed by atoms with van der Waals surface area (Å²) in [5.41, 5.74) is 0.141. The number of ether oxygens (including phenoxy) is 3. The number of aldehydes is 1. The van der Waals surface area contributed by atoms with E-state index in [-0.39, 0.29) is 18.6 Å². The first-order valence-electron chi connectivity index (χ1n) is 8.30. The predicted octanol–water partition coefficient (Wildman–Crippen LogP) is 1.79. The molecule has 0 aromatic carbocycles. The summed E-state index contributed by atoms with van der Waals surface area (Å²) in [6, 6.07) is 0. The van der Waals surface area contributed by atoms with Gasteiger partial charge in [0.1, 0.15) is 12.2 Å². The summed E-state index contributed by atoms with van der Waals surface area (Å²) < 4.78 is 16.7. The molecule has 0 amide bonds. The van der Waals surface area contributed by atoms with E-state index in [0.29, 0.717) is 19.1 Å². The summed E-state index contributed by atoms with van der Waals surface area (Å²) in [5.74, 6) is -1.41. The monoisotopic (exact) mass is 341 g/mol. The van der Waals surface area contributed by atoms with Crippen molar-refractivity contribution >= 4 is 12.3 Å². The Kier molecular flexibility index (Phi) is 6.44. The molecular weight excluding hydrogens is 318 g/mol. The van der Waals surface area contributed by atoms with E-state index in [1.807, 2.05) is 0 Å². The number of carbonyl (C=O) groups excluding carboxylic acids is 2. The predicted molar refractivity (Wildman–Crippen MR) is 82.8 cm³/mol. The van der Waals surface area contributed by atoms with Gasteiger partial charge in [-0.1, -0.05) is 6.42 Å². The molecule has 0 radical (unpaired) electrons. The molecule has 1 heterocycles. The van der Waals surface area contributed by atoms with Crippen molar-refractivity contribution in [3.63, 3.8) is 0 Å². The Bertz CT molecular complexity index is 511. The van der Waals surface area contributed by atoms with Gasteiger partial charge in [0, 0.05) is 29.8 Å². The van der Waals surface area contributed by atoms with Crippen LogP contribution in [0.15, 0.2) is 11.6 Å². The minimum Gasteiger partial charge on any atom is -0.463 e. The fourth-order valence-electron chi connectivity index (χ4n) is 3.11. The Morgan fingerprint density at radius 3 is 2.54 bits per heavy atom. The van der Waals surface area contributed by atoms with Crippen LogP contribution in [0.3, 0.4) is 0 Å². The second-order valence-electron chi connectivity index (χ2n) is 5.99.